The number of aliphatic hydroxyl groups is 1. The first kappa shape index (κ1) is 14.7. The van der Waals surface area contributed by atoms with Crippen molar-refractivity contribution in [3.8, 4) is 0 Å². The fraction of sp³-hybridized carbons (Fsp3) is 0.571. The van der Waals surface area contributed by atoms with Gasteiger partial charge in [0.15, 0.2) is 0 Å². The molecule has 1 aromatic carbocycles. The zero-order valence-electron chi connectivity index (χ0n) is 11.1. The Morgan fingerprint density at radius 3 is 2.58 bits per heavy atom. The molecule has 2 rings (SSSR count). The summed E-state index contributed by atoms with van der Waals surface area (Å²) in [5.74, 6) is -0.370. The molecule has 1 heterocycles. The topological polar surface area (TPSA) is 26.7 Å². The predicted octanol–water partition coefficient (Wildman–Crippen LogP) is 2.15. The van der Waals surface area contributed by atoms with E-state index >= 15 is 0 Å². The summed E-state index contributed by atoms with van der Waals surface area (Å²) in [4.78, 5) is 4.61. The standard InChI is InChI=1S/C14H20ClFN2O/c1-11(12-2-3-14(16)13(15)10-12)18-6-4-17(5-7-18)8-9-19/h2-3,10-11,19H,4-9H2,1H3. The van der Waals surface area contributed by atoms with Crippen molar-refractivity contribution in [2.75, 3.05) is 39.3 Å². The van der Waals surface area contributed by atoms with E-state index in [9.17, 15) is 4.39 Å². The number of aliphatic hydroxyl groups excluding tert-OH is 1. The number of nitrogens with zero attached hydrogens (tertiary/aromatic N) is 2. The van der Waals surface area contributed by atoms with Gasteiger partial charge in [-0.1, -0.05) is 17.7 Å². The van der Waals surface area contributed by atoms with E-state index in [1.54, 1.807) is 12.1 Å². The number of hydrogen-bond acceptors (Lipinski definition) is 3. The lowest BCUT2D eigenvalue weighted by atomic mass is 10.1. The molecule has 1 N–H and O–H groups in total. The highest BCUT2D eigenvalue weighted by molar-refractivity contribution is 6.30. The van der Waals surface area contributed by atoms with Gasteiger partial charge in [0.25, 0.3) is 0 Å². The number of β-amino-alcohol motifs (C(OH)–C–C–N with tert-alkyl or cyclic N) is 1. The van der Waals surface area contributed by atoms with Crippen molar-refractivity contribution in [3.63, 3.8) is 0 Å². The first-order valence-corrected chi connectivity index (χ1v) is 7.02. The van der Waals surface area contributed by atoms with Crippen molar-refractivity contribution < 1.29 is 9.50 Å². The number of piperazine rings is 1. The highest BCUT2D eigenvalue weighted by atomic mass is 35.5. The highest BCUT2D eigenvalue weighted by Gasteiger charge is 2.22. The van der Waals surface area contributed by atoms with Crippen LogP contribution in [0.1, 0.15) is 18.5 Å². The van der Waals surface area contributed by atoms with Crippen molar-refractivity contribution in [2.24, 2.45) is 0 Å². The molecule has 19 heavy (non-hydrogen) atoms. The van der Waals surface area contributed by atoms with Crippen molar-refractivity contribution in [1.29, 1.82) is 0 Å². The summed E-state index contributed by atoms with van der Waals surface area (Å²) in [5.41, 5.74) is 1.04. The van der Waals surface area contributed by atoms with Gasteiger partial charge in [-0.15, -0.1) is 0 Å². The maximum Gasteiger partial charge on any atom is 0.141 e. The molecule has 0 bridgehead atoms. The Hall–Kier alpha value is -0.680. The van der Waals surface area contributed by atoms with Crippen LogP contribution in [0.15, 0.2) is 18.2 Å². The third-order valence-corrected chi connectivity index (χ3v) is 4.09. The third-order valence-electron chi connectivity index (χ3n) is 3.80. The minimum absolute atomic E-state index is 0.184. The molecule has 1 aromatic rings. The summed E-state index contributed by atoms with van der Waals surface area (Å²) >= 11 is 5.83. The van der Waals surface area contributed by atoms with Gasteiger partial charge in [0.1, 0.15) is 5.82 Å². The summed E-state index contributed by atoms with van der Waals surface area (Å²) in [6, 6.07) is 5.17. The zero-order chi connectivity index (χ0) is 13.8. The molecule has 1 unspecified atom stereocenters. The van der Waals surface area contributed by atoms with Gasteiger partial charge in [-0.2, -0.15) is 0 Å². The lowest BCUT2D eigenvalue weighted by molar-refractivity contribution is 0.0888. The molecule has 1 aliphatic rings. The molecule has 106 valence electrons. The largest absolute Gasteiger partial charge is 0.395 e. The van der Waals surface area contributed by atoms with Crippen molar-refractivity contribution >= 4 is 11.6 Å². The minimum atomic E-state index is -0.370. The molecule has 1 saturated heterocycles. The summed E-state index contributed by atoms with van der Waals surface area (Å²) < 4.78 is 13.2. The number of rotatable bonds is 4. The van der Waals surface area contributed by atoms with Crippen molar-refractivity contribution in [1.82, 2.24) is 9.80 Å². The van der Waals surface area contributed by atoms with Crippen LogP contribution in [0.4, 0.5) is 4.39 Å². The second-order valence-electron chi connectivity index (χ2n) is 4.95. The molecular formula is C14H20ClFN2O. The maximum atomic E-state index is 13.2. The molecule has 1 fully saturated rings. The SMILES string of the molecule is CC(c1ccc(F)c(Cl)c1)N1CCN(CCO)CC1. The lowest BCUT2D eigenvalue weighted by Crippen LogP contribution is -2.47. The number of benzene rings is 1. The molecule has 1 atom stereocenters. The van der Waals surface area contributed by atoms with Crippen LogP contribution in [0.3, 0.4) is 0 Å². The van der Waals surface area contributed by atoms with Gasteiger partial charge in [-0.05, 0) is 24.6 Å². The van der Waals surface area contributed by atoms with E-state index in [0.29, 0.717) is 0 Å². The fourth-order valence-corrected chi connectivity index (χ4v) is 2.69. The van der Waals surface area contributed by atoms with E-state index in [2.05, 4.69) is 16.7 Å². The van der Waals surface area contributed by atoms with Crippen LogP contribution in [0.5, 0.6) is 0 Å². The van der Waals surface area contributed by atoms with Gasteiger partial charge in [0.05, 0.1) is 11.6 Å². The maximum absolute atomic E-state index is 13.2. The fourth-order valence-electron chi connectivity index (χ4n) is 2.50. The van der Waals surface area contributed by atoms with Gasteiger partial charge >= 0.3 is 0 Å². The highest BCUT2D eigenvalue weighted by Crippen LogP contribution is 2.25. The summed E-state index contributed by atoms with van der Waals surface area (Å²) in [6.45, 7) is 6.89. The van der Waals surface area contributed by atoms with Gasteiger partial charge in [0, 0.05) is 38.8 Å². The molecule has 0 spiro atoms. The average molecular weight is 287 g/mol. The molecule has 0 aliphatic carbocycles. The Kier molecular flexibility index (Phi) is 5.16. The molecule has 0 saturated carbocycles. The Labute approximate surface area is 118 Å². The van der Waals surface area contributed by atoms with Crippen molar-refractivity contribution in [2.45, 2.75) is 13.0 Å². The van der Waals surface area contributed by atoms with Crippen LogP contribution in [0.25, 0.3) is 0 Å². The van der Waals surface area contributed by atoms with Gasteiger partial charge < -0.3 is 5.11 Å². The predicted molar refractivity (Wildman–Crippen MR) is 74.9 cm³/mol. The lowest BCUT2D eigenvalue weighted by Gasteiger charge is -2.38. The first-order valence-electron chi connectivity index (χ1n) is 6.64. The number of hydrogen-bond donors (Lipinski definition) is 1. The monoisotopic (exact) mass is 286 g/mol. The van der Waals surface area contributed by atoms with Crippen LogP contribution >= 0.6 is 11.6 Å². The Morgan fingerprint density at radius 2 is 2.00 bits per heavy atom. The first-order chi connectivity index (χ1) is 9.11. The normalized spacial score (nSPS) is 19.6. The Bertz CT molecular complexity index is 422. The quantitative estimate of drug-likeness (QED) is 0.919. The van der Waals surface area contributed by atoms with Gasteiger partial charge in [0.2, 0.25) is 0 Å². The van der Waals surface area contributed by atoms with E-state index in [4.69, 9.17) is 16.7 Å². The third kappa shape index (κ3) is 3.66. The summed E-state index contributed by atoms with van der Waals surface area (Å²) in [5, 5.41) is 9.11. The van der Waals surface area contributed by atoms with Crippen molar-refractivity contribution in [3.05, 3.63) is 34.6 Å². The molecule has 0 amide bonds. The molecule has 0 aromatic heterocycles. The van der Waals surface area contributed by atoms with E-state index in [1.165, 1.54) is 6.07 Å². The number of halogens is 2. The van der Waals surface area contributed by atoms with E-state index < -0.39 is 0 Å². The van der Waals surface area contributed by atoms with Crippen LogP contribution < -0.4 is 0 Å². The molecule has 0 radical (unpaired) electrons. The molecule has 5 heteroatoms. The van der Waals surface area contributed by atoms with Gasteiger partial charge in [-0.3, -0.25) is 9.80 Å². The minimum Gasteiger partial charge on any atom is -0.395 e. The van der Waals surface area contributed by atoms with E-state index in [0.717, 1.165) is 38.3 Å². The van der Waals surface area contributed by atoms with Crippen LogP contribution in [0, 0.1) is 5.82 Å². The summed E-state index contributed by atoms with van der Waals surface area (Å²) in [7, 11) is 0. The smallest absolute Gasteiger partial charge is 0.141 e. The molecule has 3 nitrogen and oxygen atoms in total. The second kappa shape index (κ2) is 6.66. The van der Waals surface area contributed by atoms with E-state index in [1.807, 2.05) is 0 Å². The van der Waals surface area contributed by atoms with E-state index in [-0.39, 0.29) is 23.5 Å². The molecule has 1 aliphatic heterocycles. The van der Waals surface area contributed by atoms with Crippen LogP contribution in [-0.2, 0) is 0 Å². The van der Waals surface area contributed by atoms with Gasteiger partial charge in [-0.25, -0.2) is 4.39 Å². The molecular weight excluding hydrogens is 267 g/mol. The van der Waals surface area contributed by atoms with Crippen LogP contribution in [-0.4, -0.2) is 54.2 Å². The Morgan fingerprint density at radius 1 is 1.32 bits per heavy atom. The zero-order valence-corrected chi connectivity index (χ0v) is 11.9. The summed E-state index contributed by atoms with van der Waals surface area (Å²) in [6.07, 6.45) is 0. The average Bonchev–Trinajstić information content (AvgIpc) is 2.42. The Balaban J connectivity index is 1.97. The second-order valence-corrected chi connectivity index (χ2v) is 5.36. The van der Waals surface area contributed by atoms with Crippen LogP contribution in [0.2, 0.25) is 5.02 Å².